The molecule has 0 aliphatic rings. The van der Waals surface area contributed by atoms with Crippen molar-refractivity contribution in [2.45, 2.75) is 66.7 Å². The van der Waals surface area contributed by atoms with Crippen LogP contribution in [0.3, 0.4) is 0 Å². The Labute approximate surface area is 517 Å². The molecule has 418 valence electrons. The zero-order chi connectivity index (χ0) is 55.7. The van der Waals surface area contributed by atoms with E-state index in [1.807, 2.05) is 104 Å². The summed E-state index contributed by atoms with van der Waals surface area (Å²) in [4.78, 5) is 23.0. The molecule has 0 saturated heterocycles. The van der Waals surface area contributed by atoms with Crippen molar-refractivity contribution in [3.05, 3.63) is 260 Å². The molecule has 11 heteroatoms. The Hall–Kier alpha value is -8.69. The molecule has 14 rings (SSSR count). The van der Waals surface area contributed by atoms with E-state index >= 15 is 0 Å². The van der Waals surface area contributed by atoms with Gasteiger partial charge in [-0.15, -0.1) is 71.8 Å². The largest absolute Gasteiger partial charge is 0.340 e. The van der Waals surface area contributed by atoms with Gasteiger partial charge in [-0.1, -0.05) is 68.7 Å². The van der Waals surface area contributed by atoms with E-state index in [9.17, 15) is 0 Å². The summed E-state index contributed by atoms with van der Waals surface area (Å²) in [6.07, 6.45) is 23.3. The molecular formula is C73H61Ir2N9-2. The van der Waals surface area contributed by atoms with E-state index in [1.54, 1.807) is 0 Å². The van der Waals surface area contributed by atoms with Crippen molar-refractivity contribution >= 4 is 43.7 Å². The minimum atomic E-state index is 0. The second kappa shape index (κ2) is 25.0. The molecule has 0 aliphatic carbocycles. The number of nitrogens with zero attached hydrogens (tertiary/aromatic N) is 9. The number of pyridine rings is 3. The van der Waals surface area contributed by atoms with Gasteiger partial charge in [0.2, 0.25) is 0 Å². The van der Waals surface area contributed by atoms with Crippen LogP contribution in [0.4, 0.5) is 0 Å². The van der Waals surface area contributed by atoms with Crippen LogP contribution in [0.1, 0.15) is 60.4 Å². The van der Waals surface area contributed by atoms with Gasteiger partial charge in [-0.2, -0.15) is 0 Å². The van der Waals surface area contributed by atoms with E-state index in [0.717, 1.165) is 90.0 Å². The van der Waals surface area contributed by atoms with Gasteiger partial charge in [-0.25, -0.2) is 0 Å². The predicted molar refractivity (Wildman–Crippen MR) is 335 cm³/mol. The van der Waals surface area contributed by atoms with Crippen LogP contribution in [-0.4, -0.2) is 43.2 Å². The maximum absolute atomic E-state index is 4.78. The van der Waals surface area contributed by atoms with E-state index in [2.05, 4.69) is 195 Å². The van der Waals surface area contributed by atoms with Gasteiger partial charge >= 0.3 is 0 Å². The van der Waals surface area contributed by atoms with Crippen molar-refractivity contribution in [1.29, 1.82) is 0 Å². The molecule has 7 aromatic heterocycles. The summed E-state index contributed by atoms with van der Waals surface area (Å²) in [6.45, 7) is 11.1. The number of hydrogen-bond acceptors (Lipinski definition) is 5. The maximum Gasteiger partial charge on any atom is 0.0963 e. The van der Waals surface area contributed by atoms with Gasteiger partial charge in [0.15, 0.2) is 0 Å². The van der Waals surface area contributed by atoms with Crippen LogP contribution in [0.2, 0.25) is 0 Å². The summed E-state index contributed by atoms with van der Waals surface area (Å²) in [5, 5.41) is 3.37. The summed E-state index contributed by atoms with van der Waals surface area (Å²) in [7, 11) is 0. The number of unbranched alkanes of at least 4 members (excludes halogenated alkanes) is 3. The molecule has 2 radical (unpaired) electrons. The maximum atomic E-state index is 4.78. The Morgan fingerprint density at radius 2 is 1.05 bits per heavy atom. The first-order valence-electron chi connectivity index (χ1n) is 28.3. The van der Waals surface area contributed by atoms with Gasteiger partial charge in [-0.05, 0) is 163 Å². The Morgan fingerprint density at radius 3 is 1.69 bits per heavy atom. The minimum absolute atomic E-state index is 0. The van der Waals surface area contributed by atoms with Crippen molar-refractivity contribution in [2.24, 2.45) is 0 Å². The SMILES string of the molecule is CCCCCCc1cc(C)c(-n2ccnc2-c2[c-]cccc2)c(C)c1-c1cccc(-n2c3ccncc3c3cnccc32)c1.Cc1cc(-c2ccc3c(c2)c2ncccc2n3-c2ccccc2)cc(C)c1-n1ccnc1-c1[c-]cccc1.[Ir].[Ir]. The molecule has 0 fully saturated rings. The number of para-hydroxylation sites is 1. The normalized spacial score (nSPS) is 11.2. The van der Waals surface area contributed by atoms with Crippen molar-refractivity contribution in [3.8, 4) is 67.8 Å². The number of aromatic nitrogens is 9. The molecule has 9 nitrogen and oxygen atoms in total. The zero-order valence-electron chi connectivity index (χ0n) is 47.5. The van der Waals surface area contributed by atoms with Crippen LogP contribution in [0.5, 0.6) is 0 Å². The van der Waals surface area contributed by atoms with Crippen molar-refractivity contribution in [2.75, 3.05) is 0 Å². The number of imidazole rings is 2. The average Bonchev–Trinajstić information content (AvgIpc) is 4.37. The van der Waals surface area contributed by atoms with Crippen molar-refractivity contribution in [1.82, 2.24) is 43.2 Å². The Morgan fingerprint density at radius 1 is 0.440 bits per heavy atom. The molecule has 7 aromatic carbocycles. The van der Waals surface area contributed by atoms with Gasteiger partial charge in [-0.3, -0.25) is 24.9 Å². The quantitative estimate of drug-likeness (QED) is 0.0848. The average molecular weight is 1450 g/mol. The monoisotopic (exact) mass is 1450 g/mol. The molecule has 84 heavy (non-hydrogen) atoms. The fourth-order valence-electron chi connectivity index (χ4n) is 12.4. The summed E-state index contributed by atoms with van der Waals surface area (Å²) in [5.41, 5.74) is 23.3. The van der Waals surface area contributed by atoms with Crippen LogP contribution in [0.25, 0.3) is 112 Å². The van der Waals surface area contributed by atoms with Crippen molar-refractivity contribution < 1.29 is 40.2 Å². The zero-order valence-corrected chi connectivity index (χ0v) is 52.3. The molecule has 0 saturated carbocycles. The van der Waals surface area contributed by atoms with Crippen LogP contribution < -0.4 is 0 Å². The Balaban J connectivity index is 0.000000173. The first kappa shape index (κ1) is 57.1. The van der Waals surface area contributed by atoms with Crippen LogP contribution >= 0.6 is 0 Å². The molecule has 0 N–H and O–H groups in total. The van der Waals surface area contributed by atoms with E-state index in [-0.39, 0.29) is 40.2 Å². The molecule has 0 amide bonds. The first-order chi connectivity index (χ1) is 40.3. The van der Waals surface area contributed by atoms with E-state index in [0.29, 0.717) is 0 Å². The number of hydrogen-bond donors (Lipinski definition) is 0. The third kappa shape index (κ3) is 10.7. The van der Waals surface area contributed by atoms with Gasteiger partial charge in [0.05, 0.1) is 39.2 Å². The molecule has 0 bridgehead atoms. The summed E-state index contributed by atoms with van der Waals surface area (Å²) in [6, 6.07) is 64.2. The van der Waals surface area contributed by atoms with Crippen molar-refractivity contribution in [3.63, 3.8) is 0 Å². The van der Waals surface area contributed by atoms with Gasteiger partial charge < -0.3 is 18.3 Å². The molecule has 0 atom stereocenters. The third-order valence-corrected chi connectivity index (χ3v) is 15.9. The van der Waals surface area contributed by atoms with Crippen LogP contribution in [0.15, 0.2) is 220 Å². The van der Waals surface area contributed by atoms with E-state index in [4.69, 9.17) is 9.97 Å². The van der Waals surface area contributed by atoms with E-state index in [1.165, 1.54) is 81.4 Å². The topological polar surface area (TPSA) is 84.2 Å². The first-order valence-corrected chi connectivity index (χ1v) is 28.3. The molecule has 0 spiro atoms. The molecule has 7 heterocycles. The smallest absolute Gasteiger partial charge is 0.0963 e. The fourth-order valence-corrected chi connectivity index (χ4v) is 12.4. The second-order valence-electron chi connectivity index (χ2n) is 21.2. The molecule has 14 aromatic rings. The number of benzene rings is 7. The number of fused-ring (bicyclic) bond motifs is 6. The van der Waals surface area contributed by atoms with E-state index < -0.39 is 0 Å². The minimum Gasteiger partial charge on any atom is -0.340 e. The van der Waals surface area contributed by atoms with Gasteiger partial charge in [0.1, 0.15) is 0 Å². The van der Waals surface area contributed by atoms with Crippen LogP contribution in [0, 0.1) is 39.8 Å². The second-order valence-corrected chi connectivity index (χ2v) is 21.2. The summed E-state index contributed by atoms with van der Waals surface area (Å²) in [5.74, 6) is 1.80. The Bertz CT molecular complexity index is 4540. The number of aryl methyl sites for hydroxylation is 4. The molecular weight excluding hydrogens is 1390 g/mol. The summed E-state index contributed by atoms with van der Waals surface area (Å²) < 4.78 is 9.03. The standard InChI is InChI=1S/C39H36N5.C34H25N4.2Ir/c1-4-5-6-8-14-30-23-27(2)38(43-22-21-42-39(43)29-12-9-7-10-13-29)28(3)37(30)31-15-11-16-32(24-31)44-35-17-19-40-25-33(35)34-26-41-20-18-36(34)44;1-23-20-27(21-24(2)33(23)37-19-18-36-34(37)25-10-5-3-6-11-25)26-15-16-30-29(22-26)32-31(14-9-17-35-32)38(30)28-12-7-4-8-13-28;;/h7,9-12,15-26H,4-6,8,14H2,1-3H3;3-10,12-22H,1-2H3;;/q2*-1;;. The molecule has 0 unspecified atom stereocenters. The van der Waals surface area contributed by atoms with Gasteiger partial charge in [0.25, 0.3) is 0 Å². The van der Waals surface area contributed by atoms with Crippen LogP contribution in [-0.2, 0) is 46.6 Å². The fraction of sp³-hybridized carbons (Fsp3) is 0.137. The summed E-state index contributed by atoms with van der Waals surface area (Å²) >= 11 is 0. The van der Waals surface area contributed by atoms with Gasteiger partial charge in [0, 0.05) is 135 Å². The predicted octanol–water partition coefficient (Wildman–Crippen LogP) is 17.7. The number of rotatable bonds is 13. The third-order valence-electron chi connectivity index (χ3n) is 15.9. The molecule has 0 aliphatic heterocycles. The Kier molecular flexibility index (Phi) is 17.0.